The van der Waals surface area contributed by atoms with Crippen molar-refractivity contribution in [1.29, 1.82) is 0 Å². The molecule has 7 nitrogen and oxygen atoms in total. The Hall–Kier alpha value is -2.67. The molecule has 3 rings (SSSR count). The molecule has 3 aromatic rings. The summed E-state index contributed by atoms with van der Waals surface area (Å²) in [6.07, 6.45) is 0. The topological polar surface area (TPSA) is 77.9 Å². The van der Waals surface area contributed by atoms with E-state index in [4.69, 9.17) is 25.8 Å². The average molecular weight is 350 g/mol. The first-order valence-corrected chi connectivity index (χ1v) is 7.46. The lowest BCUT2D eigenvalue weighted by Gasteiger charge is -2.14. The molecule has 1 N–H and O–H groups in total. The van der Waals surface area contributed by atoms with Gasteiger partial charge in [0.05, 0.1) is 27.0 Å². The van der Waals surface area contributed by atoms with Crippen molar-refractivity contribution >= 4 is 17.2 Å². The minimum Gasteiger partial charge on any atom is -0.493 e. The zero-order valence-electron chi connectivity index (χ0n) is 13.6. The van der Waals surface area contributed by atoms with Gasteiger partial charge in [-0.2, -0.15) is 9.61 Å². The van der Waals surface area contributed by atoms with Crippen molar-refractivity contribution in [2.75, 3.05) is 21.3 Å². The third kappa shape index (κ3) is 2.46. The number of hydrogen-bond acceptors (Lipinski definition) is 5. The van der Waals surface area contributed by atoms with Gasteiger partial charge < -0.3 is 19.2 Å². The van der Waals surface area contributed by atoms with Crippen molar-refractivity contribution in [3.8, 4) is 28.5 Å². The Labute approximate surface area is 142 Å². The van der Waals surface area contributed by atoms with Crippen molar-refractivity contribution in [2.45, 2.75) is 6.92 Å². The number of nitrogens with zero attached hydrogens (tertiary/aromatic N) is 2. The maximum absolute atomic E-state index is 12.3. The van der Waals surface area contributed by atoms with Gasteiger partial charge in [0, 0.05) is 17.2 Å². The maximum atomic E-state index is 12.3. The van der Waals surface area contributed by atoms with Gasteiger partial charge in [0.2, 0.25) is 5.75 Å². The number of halogens is 1. The first-order valence-electron chi connectivity index (χ1n) is 7.08. The largest absolute Gasteiger partial charge is 0.493 e. The number of nitrogens with one attached hydrogen (secondary N) is 1. The van der Waals surface area contributed by atoms with E-state index in [-0.39, 0.29) is 10.7 Å². The molecule has 0 fully saturated rings. The van der Waals surface area contributed by atoms with Gasteiger partial charge in [-0.3, -0.25) is 4.79 Å². The van der Waals surface area contributed by atoms with Gasteiger partial charge in [0.25, 0.3) is 5.56 Å². The first kappa shape index (κ1) is 16.2. The summed E-state index contributed by atoms with van der Waals surface area (Å²) >= 11 is 6.01. The summed E-state index contributed by atoms with van der Waals surface area (Å²) in [6, 6.07) is 4.96. The highest BCUT2D eigenvalue weighted by Gasteiger charge is 2.16. The van der Waals surface area contributed by atoms with Crippen molar-refractivity contribution in [3.63, 3.8) is 0 Å². The number of H-pyrrole nitrogens is 1. The Morgan fingerprint density at radius 3 is 2.25 bits per heavy atom. The van der Waals surface area contributed by atoms with Gasteiger partial charge in [0.1, 0.15) is 5.65 Å². The summed E-state index contributed by atoms with van der Waals surface area (Å²) in [5.74, 6) is 1.47. The van der Waals surface area contributed by atoms with Crippen LogP contribution in [0.3, 0.4) is 0 Å². The molecule has 24 heavy (non-hydrogen) atoms. The third-order valence-electron chi connectivity index (χ3n) is 3.77. The second-order valence-corrected chi connectivity index (χ2v) is 5.47. The van der Waals surface area contributed by atoms with Crippen LogP contribution in [0.15, 0.2) is 23.0 Å². The van der Waals surface area contributed by atoms with Crippen molar-refractivity contribution in [2.24, 2.45) is 0 Å². The first-order chi connectivity index (χ1) is 11.5. The molecule has 0 saturated heterocycles. The highest BCUT2D eigenvalue weighted by atomic mass is 35.5. The lowest BCUT2D eigenvalue weighted by atomic mass is 10.1. The molecule has 0 bridgehead atoms. The van der Waals surface area contributed by atoms with Crippen LogP contribution in [-0.4, -0.2) is 35.9 Å². The number of aryl methyl sites for hydroxylation is 1. The quantitative estimate of drug-likeness (QED) is 0.783. The molecule has 126 valence electrons. The van der Waals surface area contributed by atoms with Crippen molar-refractivity contribution in [3.05, 3.63) is 39.3 Å². The standard InChI is InChI=1S/C16H16ClN3O4/c1-8-15(17)19-20-13(21)7-10(18-16(8)20)9-5-11(22-2)14(24-4)12(6-9)23-3/h5-7,18H,1-4H3. The fourth-order valence-electron chi connectivity index (χ4n) is 2.52. The van der Waals surface area contributed by atoms with Crippen LogP contribution in [0.1, 0.15) is 5.56 Å². The molecule has 0 spiro atoms. The van der Waals surface area contributed by atoms with Crippen LogP contribution >= 0.6 is 11.6 Å². The summed E-state index contributed by atoms with van der Waals surface area (Å²) in [7, 11) is 4.60. The van der Waals surface area contributed by atoms with Crippen LogP contribution in [0, 0.1) is 6.92 Å². The third-order valence-corrected chi connectivity index (χ3v) is 4.13. The van der Waals surface area contributed by atoms with Crippen LogP contribution in [0.5, 0.6) is 17.2 Å². The molecule has 1 aromatic carbocycles. The normalized spacial score (nSPS) is 10.9. The van der Waals surface area contributed by atoms with Gasteiger partial charge in [-0.05, 0) is 19.1 Å². The minimum atomic E-state index is -0.289. The van der Waals surface area contributed by atoms with Crippen LogP contribution in [0.4, 0.5) is 0 Å². The molecule has 0 saturated carbocycles. The zero-order valence-corrected chi connectivity index (χ0v) is 14.4. The molecule has 8 heteroatoms. The van der Waals surface area contributed by atoms with E-state index in [1.165, 1.54) is 31.9 Å². The predicted molar refractivity (Wildman–Crippen MR) is 90.7 cm³/mol. The van der Waals surface area contributed by atoms with E-state index in [0.29, 0.717) is 39.7 Å². The molecular formula is C16H16ClN3O4. The smallest absolute Gasteiger partial charge is 0.274 e. The van der Waals surface area contributed by atoms with Gasteiger partial charge in [-0.25, -0.2) is 0 Å². The molecule has 0 unspecified atom stereocenters. The van der Waals surface area contributed by atoms with E-state index in [2.05, 4.69) is 10.1 Å². The molecule has 0 aliphatic rings. The summed E-state index contributed by atoms with van der Waals surface area (Å²) in [5, 5.41) is 4.29. The second-order valence-electron chi connectivity index (χ2n) is 5.11. The van der Waals surface area contributed by atoms with E-state index in [0.717, 1.165) is 0 Å². The van der Waals surface area contributed by atoms with Gasteiger partial charge in [-0.1, -0.05) is 11.6 Å². The van der Waals surface area contributed by atoms with E-state index < -0.39 is 0 Å². The second kappa shape index (κ2) is 6.09. The Bertz CT molecular complexity index is 952. The van der Waals surface area contributed by atoms with Gasteiger partial charge in [-0.15, -0.1) is 0 Å². The number of aromatic amines is 1. The summed E-state index contributed by atoms with van der Waals surface area (Å²) in [6.45, 7) is 1.79. The van der Waals surface area contributed by atoms with E-state index in [1.807, 2.05) is 0 Å². The molecule has 0 atom stereocenters. The fraction of sp³-hybridized carbons (Fsp3) is 0.250. The molecular weight excluding hydrogens is 334 g/mol. The zero-order chi connectivity index (χ0) is 17.4. The minimum absolute atomic E-state index is 0.283. The van der Waals surface area contributed by atoms with Crippen LogP contribution in [0.2, 0.25) is 5.15 Å². The Morgan fingerprint density at radius 1 is 1.08 bits per heavy atom. The monoisotopic (exact) mass is 349 g/mol. The summed E-state index contributed by atoms with van der Waals surface area (Å²) in [4.78, 5) is 15.5. The number of methoxy groups -OCH3 is 3. The highest BCUT2D eigenvalue weighted by Crippen LogP contribution is 2.40. The SMILES string of the molecule is COc1cc(-c2cc(=O)n3nc(Cl)c(C)c3[nH]2)cc(OC)c1OC. The number of benzene rings is 1. The number of rotatable bonds is 4. The number of aromatic nitrogens is 3. The summed E-state index contributed by atoms with van der Waals surface area (Å²) in [5.41, 5.74) is 2.24. The molecule has 2 aromatic heterocycles. The van der Waals surface area contributed by atoms with Crippen LogP contribution in [0.25, 0.3) is 16.9 Å². The lowest BCUT2D eigenvalue weighted by Crippen LogP contribution is -2.14. The van der Waals surface area contributed by atoms with E-state index in [1.54, 1.807) is 19.1 Å². The predicted octanol–water partition coefficient (Wildman–Crippen LogP) is 2.68. The van der Waals surface area contributed by atoms with Crippen molar-refractivity contribution < 1.29 is 14.2 Å². The molecule has 2 heterocycles. The van der Waals surface area contributed by atoms with Gasteiger partial charge >= 0.3 is 0 Å². The summed E-state index contributed by atoms with van der Waals surface area (Å²) < 4.78 is 17.2. The molecule has 0 radical (unpaired) electrons. The fourth-order valence-corrected chi connectivity index (χ4v) is 2.68. The average Bonchev–Trinajstić information content (AvgIpc) is 2.89. The maximum Gasteiger partial charge on any atom is 0.274 e. The van der Waals surface area contributed by atoms with Gasteiger partial charge in [0.15, 0.2) is 16.7 Å². The molecule has 0 amide bonds. The Balaban J connectivity index is 2.27. The number of fused-ring (bicyclic) bond motifs is 1. The highest BCUT2D eigenvalue weighted by molar-refractivity contribution is 6.30. The molecule has 0 aliphatic heterocycles. The molecule has 0 aliphatic carbocycles. The Kier molecular flexibility index (Phi) is 4.11. The number of ether oxygens (including phenoxy) is 3. The van der Waals surface area contributed by atoms with Crippen molar-refractivity contribution in [1.82, 2.24) is 14.6 Å². The van der Waals surface area contributed by atoms with Crippen LogP contribution in [-0.2, 0) is 0 Å². The van der Waals surface area contributed by atoms with Crippen LogP contribution < -0.4 is 19.8 Å². The van der Waals surface area contributed by atoms with E-state index in [9.17, 15) is 4.79 Å². The number of hydrogen-bond donors (Lipinski definition) is 1. The Morgan fingerprint density at radius 2 is 1.71 bits per heavy atom. The van der Waals surface area contributed by atoms with E-state index >= 15 is 0 Å². The lowest BCUT2D eigenvalue weighted by molar-refractivity contribution is 0.324.